The van der Waals surface area contributed by atoms with Crippen LogP contribution < -0.4 is 9.62 Å². The highest BCUT2D eigenvalue weighted by atomic mass is 35.5. The van der Waals surface area contributed by atoms with Crippen LogP contribution in [0.5, 0.6) is 0 Å². The van der Waals surface area contributed by atoms with Crippen molar-refractivity contribution in [3.63, 3.8) is 0 Å². The lowest BCUT2D eigenvalue weighted by molar-refractivity contribution is -0.139. The predicted molar refractivity (Wildman–Crippen MR) is 152 cm³/mol. The number of anilines is 1. The van der Waals surface area contributed by atoms with Crippen LogP contribution in [0, 0.1) is 13.8 Å². The summed E-state index contributed by atoms with van der Waals surface area (Å²) in [6.45, 7) is 6.93. The number of carbonyl (C=O) groups excluding carboxylic acids is 2. The molecular formula is C28H31Cl2N3O4S. The number of amides is 2. The molecule has 0 aromatic heterocycles. The van der Waals surface area contributed by atoms with Gasteiger partial charge in [-0.3, -0.25) is 13.9 Å². The largest absolute Gasteiger partial charge is 0.355 e. The first-order valence-corrected chi connectivity index (χ1v) is 14.3. The molecule has 0 saturated carbocycles. The molecule has 0 aliphatic rings. The van der Waals surface area contributed by atoms with Gasteiger partial charge in [-0.2, -0.15) is 0 Å². The summed E-state index contributed by atoms with van der Waals surface area (Å²) in [5.41, 5.74) is 2.57. The number of halogens is 2. The fraction of sp³-hybridized carbons (Fsp3) is 0.286. The maximum absolute atomic E-state index is 13.9. The fourth-order valence-electron chi connectivity index (χ4n) is 3.96. The number of likely N-dealkylation sites (N-methyl/N-ethyl adjacent to an activating group) is 1. The van der Waals surface area contributed by atoms with Gasteiger partial charge in [0.15, 0.2) is 0 Å². The SMILES string of the molecule is CCNC(=O)[C@@H](C)N(Cc1ccc(Cl)c(Cl)c1)C(=O)CN(c1cc(C)ccc1C)S(=O)(=O)c1ccccc1. The normalized spacial score (nSPS) is 12.1. The Morgan fingerprint density at radius 3 is 2.26 bits per heavy atom. The molecule has 0 bridgehead atoms. The third-order valence-corrected chi connectivity index (χ3v) is 8.61. The lowest BCUT2D eigenvalue weighted by Crippen LogP contribution is -2.51. The van der Waals surface area contributed by atoms with Gasteiger partial charge in [0.1, 0.15) is 12.6 Å². The lowest BCUT2D eigenvalue weighted by Gasteiger charge is -2.32. The first-order chi connectivity index (χ1) is 17.9. The molecule has 0 unspecified atom stereocenters. The summed E-state index contributed by atoms with van der Waals surface area (Å²) in [4.78, 5) is 28.1. The van der Waals surface area contributed by atoms with E-state index >= 15 is 0 Å². The Morgan fingerprint density at radius 2 is 1.63 bits per heavy atom. The summed E-state index contributed by atoms with van der Waals surface area (Å²) in [5, 5.41) is 3.40. The molecule has 0 spiro atoms. The minimum Gasteiger partial charge on any atom is -0.355 e. The van der Waals surface area contributed by atoms with Crippen molar-refractivity contribution in [2.75, 3.05) is 17.4 Å². The number of benzene rings is 3. The molecule has 0 radical (unpaired) electrons. The Hall–Kier alpha value is -3.07. The van der Waals surface area contributed by atoms with Crippen LogP contribution in [-0.4, -0.2) is 44.3 Å². The molecule has 0 fully saturated rings. The molecule has 1 atom stereocenters. The molecule has 0 aliphatic heterocycles. The van der Waals surface area contributed by atoms with E-state index in [1.165, 1.54) is 17.0 Å². The first kappa shape index (κ1) is 29.5. The lowest BCUT2D eigenvalue weighted by atomic mass is 10.1. The first-order valence-electron chi connectivity index (χ1n) is 12.1. The summed E-state index contributed by atoms with van der Waals surface area (Å²) < 4.78 is 28.8. The summed E-state index contributed by atoms with van der Waals surface area (Å²) in [6, 6.07) is 17.4. The van der Waals surface area contributed by atoms with E-state index in [2.05, 4.69) is 5.32 Å². The Bertz CT molecular complexity index is 1410. The van der Waals surface area contributed by atoms with E-state index in [0.29, 0.717) is 33.4 Å². The number of nitrogens with one attached hydrogen (secondary N) is 1. The number of hydrogen-bond acceptors (Lipinski definition) is 4. The van der Waals surface area contributed by atoms with Crippen LogP contribution in [0.3, 0.4) is 0 Å². The van der Waals surface area contributed by atoms with Crippen molar-refractivity contribution >= 4 is 50.7 Å². The predicted octanol–water partition coefficient (Wildman–Crippen LogP) is 5.36. The smallest absolute Gasteiger partial charge is 0.264 e. The number of aryl methyl sites for hydroxylation is 2. The topological polar surface area (TPSA) is 86.8 Å². The molecule has 10 heteroatoms. The third kappa shape index (κ3) is 6.87. The van der Waals surface area contributed by atoms with Crippen molar-refractivity contribution in [1.82, 2.24) is 10.2 Å². The highest BCUT2D eigenvalue weighted by Crippen LogP contribution is 2.29. The van der Waals surface area contributed by atoms with Gasteiger partial charge in [-0.05, 0) is 74.7 Å². The molecule has 0 heterocycles. The summed E-state index contributed by atoms with van der Waals surface area (Å²) in [7, 11) is -4.12. The van der Waals surface area contributed by atoms with Crippen molar-refractivity contribution in [2.24, 2.45) is 0 Å². The zero-order valence-corrected chi connectivity index (χ0v) is 24.1. The van der Waals surface area contributed by atoms with E-state index in [-0.39, 0.29) is 17.3 Å². The maximum atomic E-state index is 13.9. The Morgan fingerprint density at radius 1 is 0.947 bits per heavy atom. The van der Waals surface area contributed by atoms with Gasteiger partial charge < -0.3 is 10.2 Å². The average Bonchev–Trinajstić information content (AvgIpc) is 2.89. The van der Waals surface area contributed by atoms with Gasteiger partial charge in [0.25, 0.3) is 10.0 Å². The van der Waals surface area contributed by atoms with Crippen molar-refractivity contribution in [1.29, 1.82) is 0 Å². The average molecular weight is 577 g/mol. The van der Waals surface area contributed by atoms with E-state index in [0.717, 1.165) is 9.87 Å². The molecule has 3 aromatic carbocycles. The molecule has 1 N–H and O–H groups in total. The van der Waals surface area contributed by atoms with Gasteiger partial charge in [0, 0.05) is 13.1 Å². The Labute approximate surface area is 234 Å². The van der Waals surface area contributed by atoms with Crippen LogP contribution >= 0.6 is 23.2 Å². The van der Waals surface area contributed by atoms with Gasteiger partial charge in [-0.15, -0.1) is 0 Å². The number of nitrogens with zero attached hydrogens (tertiary/aromatic N) is 2. The van der Waals surface area contributed by atoms with E-state index in [9.17, 15) is 18.0 Å². The Kier molecular flexibility index (Phi) is 9.82. The van der Waals surface area contributed by atoms with E-state index in [1.54, 1.807) is 63.2 Å². The minimum atomic E-state index is -4.12. The number of carbonyl (C=O) groups is 2. The number of sulfonamides is 1. The van der Waals surface area contributed by atoms with Gasteiger partial charge in [0.05, 0.1) is 20.6 Å². The summed E-state index contributed by atoms with van der Waals surface area (Å²) in [6.07, 6.45) is 0. The highest BCUT2D eigenvalue weighted by Gasteiger charge is 2.33. The van der Waals surface area contributed by atoms with Crippen molar-refractivity contribution in [3.8, 4) is 0 Å². The van der Waals surface area contributed by atoms with Crippen LogP contribution in [0.15, 0.2) is 71.6 Å². The highest BCUT2D eigenvalue weighted by molar-refractivity contribution is 7.92. The monoisotopic (exact) mass is 575 g/mol. The van der Waals surface area contributed by atoms with E-state index in [4.69, 9.17) is 23.2 Å². The van der Waals surface area contributed by atoms with Crippen LogP contribution in [0.25, 0.3) is 0 Å². The molecule has 202 valence electrons. The molecule has 3 aromatic rings. The van der Waals surface area contributed by atoms with Crippen LogP contribution in [0.1, 0.15) is 30.5 Å². The second-order valence-corrected chi connectivity index (χ2v) is 11.6. The van der Waals surface area contributed by atoms with Crippen molar-refractivity contribution in [2.45, 2.75) is 45.2 Å². The van der Waals surface area contributed by atoms with Crippen molar-refractivity contribution in [3.05, 3.63) is 93.5 Å². The molecule has 7 nitrogen and oxygen atoms in total. The van der Waals surface area contributed by atoms with Crippen LogP contribution in [0.2, 0.25) is 10.0 Å². The zero-order chi connectivity index (χ0) is 28.0. The van der Waals surface area contributed by atoms with Gasteiger partial charge in [-0.1, -0.05) is 59.6 Å². The van der Waals surface area contributed by atoms with Crippen LogP contribution in [0.4, 0.5) is 5.69 Å². The minimum absolute atomic E-state index is 0.0278. The van der Waals surface area contributed by atoms with Gasteiger partial charge in [-0.25, -0.2) is 8.42 Å². The fourth-order valence-corrected chi connectivity index (χ4v) is 5.77. The summed E-state index contributed by atoms with van der Waals surface area (Å²) >= 11 is 12.2. The van der Waals surface area contributed by atoms with E-state index in [1.807, 2.05) is 19.1 Å². The zero-order valence-electron chi connectivity index (χ0n) is 21.7. The summed E-state index contributed by atoms with van der Waals surface area (Å²) in [5.74, 6) is -0.902. The van der Waals surface area contributed by atoms with E-state index < -0.39 is 28.5 Å². The molecule has 0 saturated heterocycles. The number of hydrogen-bond donors (Lipinski definition) is 1. The molecule has 3 rings (SSSR count). The van der Waals surface area contributed by atoms with Gasteiger partial charge in [0.2, 0.25) is 11.8 Å². The van der Waals surface area contributed by atoms with Gasteiger partial charge >= 0.3 is 0 Å². The van der Waals surface area contributed by atoms with Crippen molar-refractivity contribution < 1.29 is 18.0 Å². The molecule has 2 amide bonds. The quantitative estimate of drug-likeness (QED) is 0.352. The molecule has 38 heavy (non-hydrogen) atoms. The molecular weight excluding hydrogens is 545 g/mol. The second kappa shape index (κ2) is 12.7. The second-order valence-electron chi connectivity index (χ2n) is 8.96. The van der Waals surface area contributed by atoms with Crippen LogP contribution in [-0.2, 0) is 26.2 Å². The standard InChI is InChI=1S/C28H31Cl2N3O4S/c1-5-31-28(35)21(4)32(17-22-13-14-24(29)25(30)16-22)27(34)18-33(26-15-19(2)11-12-20(26)3)38(36,37)23-9-7-6-8-10-23/h6-16,21H,5,17-18H2,1-4H3,(H,31,35)/t21-/m1/s1. The third-order valence-electron chi connectivity index (χ3n) is 6.10. The molecule has 0 aliphatic carbocycles. The number of rotatable bonds is 10. The Balaban J connectivity index is 2.07. The maximum Gasteiger partial charge on any atom is 0.264 e.